The Labute approximate surface area is 193 Å². The Morgan fingerprint density at radius 2 is 1.90 bits per heavy atom. The van der Waals surface area contributed by atoms with E-state index < -0.39 is 6.03 Å². The standard InChI is InChI=1S/C22H23BrN4O3S/c1-2-3-10-27-11-9-14(15-12-13(23)7-8-17(15)28)19(21(27)29)25-22(30)26-20-16(24)5-4-6-18(20)31/h4-9,11-12,28,31H,2-3,10,24H2,1H3,(H2,25,26,30). The number of para-hydroxylation sites is 1. The molecule has 0 aliphatic rings. The molecule has 2 amide bonds. The first-order chi connectivity index (χ1) is 14.8. The number of hydrogen-bond acceptors (Lipinski definition) is 5. The van der Waals surface area contributed by atoms with Crippen molar-refractivity contribution in [3.63, 3.8) is 0 Å². The second kappa shape index (κ2) is 9.93. The smallest absolute Gasteiger partial charge is 0.323 e. The highest BCUT2D eigenvalue weighted by molar-refractivity contribution is 9.10. The van der Waals surface area contributed by atoms with Crippen molar-refractivity contribution in [2.45, 2.75) is 31.2 Å². The summed E-state index contributed by atoms with van der Waals surface area (Å²) in [4.78, 5) is 26.4. The molecule has 0 saturated heterocycles. The van der Waals surface area contributed by atoms with E-state index in [0.29, 0.717) is 33.9 Å². The van der Waals surface area contributed by atoms with E-state index in [2.05, 4.69) is 39.2 Å². The maximum Gasteiger partial charge on any atom is 0.323 e. The van der Waals surface area contributed by atoms with Crippen LogP contribution < -0.4 is 21.9 Å². The minimum Gasteiger partial charge on any atom is -0.507 e. The lowest BCUT2D eigenvalue weighted by molar-refractivity contribution is 0.262. The van der Waals surface area contributed by atoms with Crippen LogP contribution in [0.25, 0.3) is 11.1 Å². The molecule has 2 aromatic carbocycles. The van der Waals surface area contributed by atoms with Crippen molar-refractivity contribution in [2.24, 2.45) is 0 Å². The number of anilines is 3. The van der Waals surface area contributed by atoms with Gasteiger partial charge in [-0.1, -0.05) is 35.3 Å². The van der Waals surface area contributed by atoms with Gasteiger partial charge in [0.2, 0.25) is 0 Å². The molecule has 0 aliphatic carbocycles. The summed E-state index contributed by atoms with van der Waals surface area (Å²) in [6, 6.07) is 11.0. The predicted octanol–water partition coefficient (Wildman–Crippen LogP) is 5.30. The number of aromatic hydroxyl groups is 1. The highest BCUT2D eigenvalue weighted by Crippen LogP contribution is 2.35. The third-order valence-electron chi connectivity index (χ3n) is 4.72. The normalized spacial score (nSPS) is 10.7. The van der Waals surface area contributed by atoms with Crippen LogP contribution in [-0.2, 0) is 6.54 Å². The minimum atomic E-state index is -0.644. The maximum absolute atomic E-state index is 13.2. The van der Waals surface area contributed by atoms with E-state index >= 15 is 0 Å². The van der Waals surface area contributed by atoms with E-state index in [1.165, 1.54) is 6.07 Å². The molecule has 0 saturated carbocycles. The number of aryl methyl sites for hydroxylation is 1. The number of nitrogens with two attached hydrogens (primary N) is 1. The van der Waals surface area contributed by atoms with Crippen molar-refractivity contribution in [1.82, 2.24) is 4.57 Å². The number of phenolic OH excluding ortho intramolecular Hbond substituents is 1. The van der Waals surface area contributed by atoms with E-state index in [4.69, 9.17) is 5.73 Å². The van der Waals surface area contributed by atoms with Crippen LogP contribution in [0, 0.1) is 0 Å². The lowest BCUT2D eigenvalue weighted by Gasteiger charge is -2.16. The number of urea groups is 1. The molecule has 1 heterocycles. The first-order valence-corrected chi connectivity index (χ1v) is 10.9. The molecule has 3 aromatic rings. The molecule has 162 valence electrons. The van der Waals surface area contributed by atoms with Crippen molar-refractivity contribution in [1.29, 1.82) is 0 Å². The Bertz CT molecular complexity index is 1160. The van der Waals surface area contributed by atoms with Crippen LogP contribution in [0.2, 0.25) is 0 Å². The molecule has 0 atom stereocenters. The van der Waals surface area contributed by atoms with Crippen LogP contribution in [0.4, 0.5) is 21.9 Å². The van der Waals surface area contributed by atoms with Crippen molar-refractivity contribution in [2.75, 3.05) is 16.4 Å². The molecule has 0 unspecified atom stereocenters. The van der Waals surface area contributed by atoms with Gasteiger partial charge < -0.3 is 26.0 Å². The number of halogens is 1. The number of pyridine rings is 1. The number of benzene rings is 2. The summed E-state index contributed by atoms with van der Waals surface area (Å²) in [6.45, 7) is 2.55. The maximum atomic E-state index is 13.2. The third-order valence-corrected chi connectivity index (χ3v) is 5.58. The van der Waals surface area contributed by atoms with Crippen LogP contribution in [0.15, 0.2) is 62.8 Å². The quantitative estimate of drug-likeness (QED) is 0.232. The minimum absolute atomic E-state index is 0.0117. The number of aromatic nitrogens is 1. The van der Waals surface area contributed by atoms with Gasteiger partial charge in [-0.05, 0) is 42.8 Å². The van der Waals surface area contributed by atoms with E-state index in [1.807, 2.05) is 6.92 Å². The number of rotatable bonds is 6. The number of amides is 2. The van der Waals surface area contributed by atoms with Gasteiger partial charge >= 0.3 is 6.03 Å². The molecular weight excluding hydrogens is 480 g/mol. The summed E-state index contributed by atoms with van der Waals surface area (Å²) in [5.41, 5.74) is 7.13. The summed E-state index contributed by atoms with van der Waals surface area (Å²) in [7, 11) is 0. The zero-order valence-electron chi connectivity index (χ0n) is 16.9. The predicted molar refractivity (Wildman–Crippen MR) is 131 cm³/mol. The lowest BCUT2D eigenvalue weighted by Crippen LogP contribution is -2.29. The van der Waals surface area contributed by atoms with Gasteiger partial charge in [0.05, 0.1) is 11.4 Å². The topological polar surface area (TPSA) is 109 Å². The van der Waals surface area contributed by atoms with E-state index in [1.54, 1.807) is 47.2 Å². The Balaban J connectivity index is 2.04. The third kappa shape index (κ3) is 5.23. The number of hydrogen-bond donors (Lipinski definition) is 5. The molecule has 7 nitrogen and oxygen atoms in total. The zero-order valence-corrected chi connectivity index (χ0v) is 19.3. The Hall–Kier alpha value is -2.91. The number of carbonyl (C=O) groups is 1. The van der Waals surface area contributed by atoms with Crippen LogP contribution in [0.3, 0.4) is 0 Å². The molecule has 5 N–H and O–H groups in total. The van der Waals surface area contributed by atoms with E-state index in [-0.39, 0.29) is 17.0 Å². The fourth-order valence-electron chi connectivity index (χ4n) is 3.10. The molecule has 0 fully saturated rings. The summed E-state index contributed by atoms with van der Waals surface area (Å²) in [5.74, 6) is -0.0117. The fraction of sp³-hybridized carbons (Fsp3) is 0.182. The fourth-order valence-corrected chi connectivity index (χ4v) is 3.73. The number of nitrogens with zero attached hydrogens (tertiary/aromatic N) is 1. The lowest BCUT2D eigenvalue weighted by atomic mass is 10.0. The molecule has 3 rings (SSSR count). The number of thiol groups is 1. The zero-order chi connectivity index (χ0) is 22.5. The molecule has 0 spiro atoms. The average Bonchev–Trinajstić information content (AvgIpc) is 2.73. The van der Waals surface area contributed by atoms with Gasteiger partial charge in [-0.15, -0.1) is 12.6 Å². The summed E-state index contributed by atoms with van der Waals surface area (Å²) < 4.78 is 2.26. The van der Waals surface area contributed by atoms with Gasteiger partial charge in [-0.2, -0.15) is 0 Å². The first kappa shape index (κ1) is 22.8. The molecule has 31 heavy (non-hydrogen) atoms. The van der Waals surface area contributed by atoms with Crippen LogP contribution >= 0.6 is 28.6 Å². The van der Waals surface area contributed by atoms with Gasteiger partial charge in [-0.3, -0.25) is 4.79 Å². The van der Waals surface area contributed by atoms with Crippen molar-refractivity contribution < 1.29 is 9.90 Å². The Kier molecular flexibility index (Phi) is 7.29. The Morgan fingerprint density at radius 1 is 1.16 bits per heavy atom. The van der Waals surface area contributed by atoms with E-state index in [0.717, 1.165) is 17.3 Å². The van der Waals surface area contributed by atoms with Crippen LogP contribution in [0.5, 0.6) is 5.75 Å². The van der Waals surface area contributed by atoms with Gasteiger partial charge in [-0.25, -0.2) is 4.79 Å². The largest absolute Gasteiger partial charge is 0.507 e. The number of phenols is 1. The molecule has 0 bridgehead atoms. The molecule has 0 aliphatic heterocycles. The second-order valence-electron chi connectivity index (χ2n) is 6.94. The SMILES string of the molecule is CCCCn1ccc(-c2cc(Br)ccc2O)c(NC(=O)Nc2c(N)cccc2S)c1=O. The number of unbranched alkanes of at least 4 members (excludes halogenated alkanes) is 1. The van der Waals surface area contributed by atoms with Gasteiger partial charge in [0.15, 0.2) is 0 Å². The van der Waals surface area contributed by atoms with Crippen molar-refractivity contribution in [3.8, 4) is 16.9 Å². The van der Waals surface area contributed by atoms with Gasteiger partial charge in [0, 0.05) is 33.2 Å². The highest BCUT2D eigenvalue weighted by atomic mass is 79.9. The van der Waals surface area contributed by atoms with E-state index in [9.17, 15) is 14.7 Å². The van der Waals surface area contributed by atoms with Crippen molar-refractivity contribution in [3.05, 3.63) is 63.5 Å². The van der Waals surface area contributed by atoms with Gasteiger partial charge in [0.25, 0.3) is 5.56 Å². The molecular formula is C22H23BrN4O3S. The molecule has 0 radical (unpaired) electrons. The number of nitrogen functional groups attached to an aromatic ring is 1. The molecule has 1 aromatic heterocycles. The number of nitrogens with one attached hydrogen (secondary N) is 2. The summed E-state index contributed by atoms with van der Waals surface area (Å²) in [6.07, 6.45) is 3.40. The van der Waals surface area contributed by atoms with Crippen LogP contribution in [-0.4, -0.2) is 15.7 Å². The average molecular weight is 503 g/mol. The second-order valence-corrected chi connectivity index (χ2v) is 8.34. The van der Waals surface area contributed by atoms with Crippen molar-refractivity contribution >= 4 is 51.7 Å². The van der Waals surface area contributed by atoms with Gasteiger partial charge in [0.1, 0.15) is 11.4 Å². The highest BCUT2D eigenvalue weighted by Gasteiger charge is 2.18. The first-order valence-electron chi connectivity index (χ1n) is 9.69. The monoisotopic (exact) mass is 502 g/mol. The number of carbonyl (C=O) groups excluding carboxylic acids is 1. The molecule has 9 heteroatoms. The summed E-state index contributed by atoms with van der Waals surface area (Å²) in [5, 5.41) is 15.7. The Morgan fingerprint density at radius 3 is 2.61 bits per heavy atom. The van der Waals surface area contributed by atoms with Crippen LogP contribution in [0.1, 0.15) is 19.8 Å². The summed E-state index contributed by atoms with van der Waals surface area (Å²) >= 11 is 7.70.